The first-order valence-electron chi connectivity index (χ1n) is 15.8. The van der Waals surface area contributed by atoms with Gasteiger partial charge in [-0.2, -0.15) is 0 Å². The second-order valence-electron chi connectivity index (χ2n) is 11.8. The van der Waals surface area contributed by atoms with Gasteiger partial charge in [0.25, 0.3) is 0 Å². The minimum Gasteiger partial charge on any atom is -0.508 e. The molecular formula is C37H38N6O5. The number of benzene rings is 3. The highest BCUT2D eigenvalue weighted by atomic mass is 16.5. The van der Waals surface area contributed by atoms with E-state index in [2.05, 4.69) is 16.9 Å². The van der Waals surface area contributed by atoms with Crippen molar-refractivity contribution in [1.82, 2.24) is 30.1 Å². The van der Waals surface area contributed by atoms with Crippen LogP contribution in [-0.2, 0) is 29.1 Å². The summed E-state index contributed by atoms with van der Waals surface area (Å²) in [6, 6.07) is 26.2. The summed E-state index contributed by atoms with van der Waals surface area (Å²) in [5.41, 5.74) is 4.04. The van der Waals surface area contributed by atoms with Crippen molar-refractivity contribution in [3.8, 4) is 22.8 Å². The second-order valence-corrected chi connectivity index (χ2v) is 11.8. The van der Waals surface area contributed by atoms with Crippen LogP contribution in [0, 0.1) is 0 Å². The number of carbonyl (C=O) groups is 3. The molecule has 0 radical (unpaired) electrons. The molecular weight excluding hydrogens is 608 g/mol. The lowest BCUT2D eigenvalue weighted by molar-refractivity contribution is -0.189. The molecule has 3 aromatic carbocycles. The van der Waals surface area contributed by atoms with E-state index in [9.17, 15) is 19.5 Å². The maximum atomic E-state index is 14.4. The van der Waals surface area contributed by atoms with Crippen molar-refractivity contribution in [2.45, 2.75) is 31.7 Å². The Bertz CT molecular complexity index is 1780. The highest BCUT2D eigenvalue weighted by molar-refractivity contribution is 5.92. The molecule has 2 unspecified atom stereocenters. The summed E-state index contributed by atoms with van der Waals surface area (Å²) in [5.74, 6) is 0.285. The number of aromatic nitrogens is 1. The van der Waals surface area contributed by atoms with Crippen molar-refractivity contribution in [1.29, 1.82) is 0 Å². The fourth-order valence-corrected chi connectivity index (χ4v) is 6.36. The Morgan fingerprint density at radius 3 is 2.56 bits per heavy atom. The number of hydrogen-bond acceptors (Lipinski definition) is 7. The Hall–Kier alpha value is -5.68. The number of methoxy groups -OCH3 is 1. The van der Waals surface area contributed by atoms with Gasteiger partial charge in [-0.25, -0.2) is 14.8 Å². The van der Waals surface area contributed by atoms with E-state index in [0.717, 1.165) is 22.3 Å². The first-order chi connectivity index (χ1) is 23.4. The molecule has 246 valence electrons. The number of phenolic OH excluding ortho intramolecular Hbond substituents is 1. The Morgan fingerprint density at radius 1 is 1.02 bits per heavy atom. The number of pyridine rings is 1. The van der Waals surface area contributed by atoms with Crippen molar-refractivity contribution in [2.24, 2.45) is 0 Å². The number of fused-ring (bicyclic) bond motifs is 1. The van der Waals surface area contributed by atoms with E-state index in [-0.39, 0.29) is 62.7 Å². The van der Waals surface area contributed by atoms with Gasteiger partial charge in [0.15, 0.2) is 0 Å². The Balaban J connectivity index is 1.37. The summed E-state index contributed by atoms with van der Waals surface area (Å²) in [5, 5.41) is 16.1. The molecule has 11 heteroatoms. The van der Waals surface area contributed by atoms with Crippen LogP contribution in [0.15, 0.2) is 110 Å². The highest BCUT2D eigenvalue weighted by Crippen LogP contribution is 2.32. The molecule has 3 heterocycles. The van der Waals surface area contributed by atoms with Crippen LogP contribution in [0.1, 0.15) is 16.7 Å². The Labute approximate surface area is 279 Å². The Kier molecular flexibility index (Phi) is 9.67. The lowest BCUT2D eigenvalue weighted by Gasteiger charge is -2.55. The largest absolute Gasteiger partial charge is 0.508 e. The number of aromatic hydroxyl groups is 1. The van der Waals surface area contributed by atoms with Crippen LogP contribution < -0.4 is 10.1 Å². The van der Waals surface area contributed by atoms with Crippen LogP contribution in [0.4, 0.5) is 4.79 Å². The van der Waals surface area contributed by atoms with Crippen molar-refractivity contribution in [3.63, 3.8) is 0 Å². The predicted octanol–water partition coefficient (Wildman–Crippen LogP) is 4.20. The van der Waals surface area contributed by atoms with Gasteiger partial charge in [-0.05, 0) is 47.0 Å². The average molecular weight is 647 g/mol. The van der Waals surface area contributed by atoms with Crippen LogP contribution in [0.3, 0.4) is 0 Å². The van der Waals surface area contributed by atoms with E-state index in [4.69, 9.17) is 4.74 Å². The first-order valence-corrected chi connectivity index (χ1v) is 15.8. The number of piperazine rings is 1. The number of hydrogen-bond donors (Lipinski definition) is 2. The van der Waals surface area contributed by atoms with Crippen LogP contribution in [-0.4, -0.2) is 86.7 Å². The lowest BCUT2D eigenvalue weighted by atomic mass is 9.97. The number of nitrogens with one attached hydrogen (secondary N) is 1. The van der Waals surface area contributed by atoms with E-state index in [1.807, 2.05) is 66.7 Å². The van der Waals surface area contributed by atoms with Crippen molar-refractivity contribution >= 4 is 17.8 Å². The second kappa shape index (κ2) is 14.4. The summed E-state index contributed by atoms with van der Waals surface area (Å²) in [6.07, 6.45) is 2.76. The van der Waals surface area contributed by atoms with E-state index in [1.54, 1.807) is 63.5 Å². The minimum absolute atomic E-state index is 0.0789. The number of nitrogens with zero attached hydrogens (tertiary/aromatic N) is 5. The van der Waals surface area contributed by atoms with Gasteiger partial charge in [-0.3, -0.25) is 14.6 Å². The molecule has 2 atom stereocenters. The summed E-state index contributed by atoms with van der Waals surface area (Å²) in [6.45, 7) is 4.59. The number of hydrazine groups is 1. The normalized spacial score (nSPS) is 18.0. The first kappa shape index (κ1) is 32.3. The number of carbonyl (C=O) groups excluding carboxylic acids is 3. The molecule has 2 fully saturated rings. The molecule has 2 N–H and O–H groups in total. The molecule has 0 saturated carbocycles. The van der Waals surface area contributed by atoms with Gasteiger partial charge in [0.2, 0.25) is 11.8 Å². The number of rotatable bonds is 10. The van der Waals surface area contributed by atoms with E-state index >= 15 is 0 Å². The zero-order valence-electron chi connectivity index (χ0n) is 26.7. The van der Waals surface area contributed by atoms with Gasteiger partial charge in [0.05, 0.1) is 25.9 Å². The van der Waals surface area contributed by atoms with E-state index in [1.165, 1.54) is 0 Å². The van der Waals surface area contributed by atoms with Crippen LogP contribution in [0.2, 0.25) is 0 Å². The summed E-state index contributed by atoms with van der Waals surface area (Å²) in [4.78, 5) is 50.3. The number of ether oxygens (including phenoxy) is 1. The zero-order chi connectivity index (χ0) is 33.6. The molecule has 48 heavy (non-hydrogen) atoms. The molecule has 6 rings (SSSR count). The monoisotopic (exact) mass is 646 g/mol. The molecule has 2 aliphatic rings. The molecule has 2 saturated heterocycles. The third-order valence-corrected chi connectivity index (χ3v) is 8.63. The summed E-state index contributed by atoms with van der Waals surface area (Å²) >= 11 is 0. The van der Waals surface area contributed by atoms with Crippen molar-refractivity contribution < 1.29 is 24.2 Å². The number of urea groups is 1. The molecule has 2 aliphatic heterocycles. The summed E-state index contributed by atoms with van der Waals surface area (Å²) < 4.78 is 5.44. The van der Waals surface area contributed by atoms with Gasteiger partial charge >= 0.3 is 6.03 Å². The lowest BCUT2D eigenvalue weighted by Crippen LogP contribution is -2.76. The molecule has 1 aromatic heterocycles. The molecule has 0 aliphatic carbocycles. The summed E-state index contributed by atoms with van der Waals surface area (Å²) in [7, 11) is 1.60. The third kappa shape index (κ3) is 6.86. The van der Waals surface area contributed by atoms with Gasteiger partial charge in [0.1, 0.15) is 23.7 Å². The standard InChI is InChI=1S/C37H38N6O5/c1-3-19-41-25-34(45)42-32(20-26-14-16-30(44)17-15-26)36(46)40(24-33(42)43(41)37(47)39-22-27-9-5-4-6-10-27)23-29-12-8-18-38-35(29)28-11-7-13-31(21-28)48-2/h3-18,21,32-33,44H,1,19-20,22-25H2,2H3,(H,39,47). The minimum atomic E-state index is -0.895. The molecule has 0 spiro atoms. The smallest absolute Gasteiger partial charge is 0.334 e. The topological polar surface area (TPSA) is 119 Å². The van der Waals surface area contributed by atoms with Crippen LogP contribution in [0.25, 0.3) is 11.3 Å². The molecule has 4 aromatic rings. The zero-order valence-corrected chi connectivity index (χ0v) is 26.7. The third-order valence-electron chi connectivity index (χ3n) is 8.63. The van der Waals surface area contributed by atoms with Gasteiger partial charge < -0.3 is 25.0 Å². The van der Waals surface area contributed by atoms with Gasteiger partial charge in [0, 0.05) is 37.8 Å². The van der Waals surface area contributed by atoms with Gasteiger partial charge in [-0.15, -0.1) is 6.58 Å². The van der Waals surface area contributed by atoms with Crippen LogP contribution >= 0.6 is 0 Å². The molecule has 0 bridgehead atoms. The SMILES string of the molecule is C=CCN1CC(=O)N2C(Cc3ccc(O)cc3)C(=O)N(Cc3cccnc3-c3cccc(OC)c3)CC2N1C(=O)NCc1ccccc1. The average Bonchev–Trinajstić information content (AvgIpc) is 3.10. The van der Waals surface area contributed by atoms with Gasteiger partial charge in [-0.1, -0.05) is 66.7 Å². The van der Waals surface area contributed by atoms with Crippen LogP contribution in [0.5, 0.6) is 11.5 Å². The molecule has 11 nitrogen and oxygen atoms in total. The number of amides is 4. The molecule has 4 amide bonds. The van der Waals surface area contributed by atoms with E-state index < -0.39 is 12.2 Å². The maximum absolute atomic E-state index is 14.4. The number of phenols is 1. The van der Waals surface area contributed by atoms with E-state index in [0.29, 0.717) is 11.4 Å². The quantitative estimate of drug-likeness (QED) is 0.248. The fraction of sp³-hybridized carbons (Fsp3) is 0.243. The highest BCUT2D eigenvalue weighted by Gasteiger charge is 2.51. The Morgan fingerprint density at radius 2 is 1.81 bits per heavy atom. The maximum Gasteiger partial charge on any atom is 0.334 e. The van der Waals surface area contributed by atoms with Crippen molar-refractivity contribution in [3.05, 3.63) is 127 Å². The fourth-order valence-electron chi connectivity index (χ4n) is 6.36. The predicted molar refractivity (Wildman–Crippen MR) is 180 cm³/mol. The van der Waals surface area contributed by atoms with Crippen molar-refractivity contribution in [2.75, 3.05) is 26.7 Å².